The SMILES string of the molecule is O=C(O)C1(Oc2ccccc2)CCCCC1. The van der Waals surface area contributed by atoms with Crippen LogP contribution in [0.1, 0.15) is 32.1 Å². The second kappa shape index (κ2) is 4.56. The van der Waals surface area contributed by atoms with Gasteiger partial charge in [0.15, 0.2) is 0 Å². The van der Waals surface area contributed by atoms with E-state index in [-0.39, 0.29) is 0 Å². The second-order valence-corrected chi connectivity index (χ2v) is 4.28. The van der Waals surface area contributed by atoms with Gasteiger partial charge in [0.2, 0.25) is 5.60 Å². The van der Waals surface area contributed by atoms with Crippen molar-refractivity contribution in [2.24, 2.45) is 0 Å². The molecule has 0 radical (unpaired) electrons. The number of carbonyl (C=O) groups is 1. The van der Waals surface area contributed by atoms with Gasteiger partial charge in [-0.05, 0) is 37.8 Å². The van der Waals surface area contributed by atoms with E-state index in [9.17, 15) is 9.90 Å². The van der Waals surface area contributed by atoms with Crippen molar-refractivity contribution in [3.05, 3.63) is 30.3 Å². The summed E-state index contributed by atoms with van der Waals surface area (Å²) in [6.45, 7) is 0. The minimum atomic E-state index is -1.00. The molecular weight excluding hydrogens is 204 g/mol. The molecule has 0 amide bonds. The lowest BCUT2D eigenvalue weighted by Crippen LogP contribution is -2.46. The lowest BCUT2D eigenvalue weighted by molar-refractivity contribution is -0.158. The van der Waals surface area contributed by atoms with Crippen LogP contribution in [0.4, 0.5) is 0 Å². The zero-order valence-electron chi connectivity index (χ0n) is 9.19. The molecule has 0 aliphatic heterocycles. The number of hydrogen-bond acceptors (Lipinski definition) is 2. The first kappa shape index (κ1) is 11.0. The lowest BCUT2D eigenvalue weighted by Gasteiger charge is -2.33. The van der Waals surface area contributed by atoms with Gasteiger partial charge < -0.3 is 9.84 Å². The Kier molecular flexibility index (Phi) is 3.13. The quantitative estimate of drug-likeness (QED) is 0.852. The van der Waals surface area contributed by atoms with E-state index in [1.807, 2.05) is 18.2 Å². The van der Waals surface area contributed by atoms with Gasteiger partial charge in [0.05, 0.1) is 0 Å². The van der Waals surface area contributed by atoms with Crippen LogP contribution in [0, 0.1) is 0 Å². The largest absolute Gasteiger partial charge is 0.478 e. The summed E-state index contributed by atoms with van der Waals surface area (Å²) in [4.78, 5) is 11.4. The molecular formula is C13H16O3. The smallest absolute Gasteiger partial charge is 0.348 e. The summed E-state index contributed by atoms with van der Waals surface area (Å²) in [5, 5.41) is 9.33. The van der Waals surface area contributed by atoms with E-state index >= 15 is 0 Å². The molecule has 3 heteroatoms. The predicted octanol–water partition coefficient (Wildman–Crippen LogP) is 2.85. The molecule has 0 unspecified atom stereocenters. The van der Waals surface area contributed by atoms with E-state index in [4.69, 9.17) is 4.74 Å². The maximum Gasteiger partial charge on any atom is 0.348 e. The average Bonchev–Trinajstić information content (AvgIpc) is 2.31. The third-order valence-corrected chi connectivity index (χ3v) is 3.11. The van der Waals surface area contributed by atoms with Gasteiger partial charge in [-0.15, -0.1) is 0 Å². The highest BCUT2D eigenvalue weighted by Crippen LogP contribution is 2.33. The Morgan fingerprint density at radius 1 is 1.12 bits per heavy atom. The number of hydrogen-bond donors (Lipinski definition) is 1. The topological polar surface area (TPSA) is 46.5 Å². The van der Waals surface area contributed by atoms with Crippen LogP contribution in [0.25, 0.3) is 0 Å². The summed E-state index contributed by atoms with van der Waals surface area (Å²) in [5.74, 6) is -0.192. The first-order valence-corrected chi connectivity index (χ1v) is 5.70. The van der Waals surface area contributed by atoms with Crippen LogP contribution in [-0.2, 0) is 4.79 Å². The van der Waals surface area contributed by atoms with Gasteiger partial charge in [-0.25, -0.2) is 4.79 Å². The van der Waals surface area contributed by atoms with Crippen LogP contribution in [0.3, 0.4) is 0 Å². The molecule has 2 rings (SSSR count). The maximum atomic E-state index is 11.4. The number of benzene rings is 1. The summed E-state index contributed by atoms with van der Waals surface area (Å²) in [6, 6.07) is 9.21. The summed E-state index contributed by atoms with van der Waals surface area (Å²) in [6.07, 6.45) is 4.18. The van der Waals surface area contributed by atoms with E-state index in [0.29, 0.717) is 18.6 Å². The van der Waals surface area contributed by atoms with Crippen LogP contribution in [0.5, 0.6) is 5.75 Å². The van der Waals surface area contributed by atoms with Crippen molar-refractivity contribution in [2.45, 2.75) is 37.7 Å². The Bertz CT molecular complexity index is 353. The predicted molar refractivity (Wildman–Crippen MR) is 60.5 cm³/mol. The summed E-state index contributed by atoms with van der Waals surface area (Å²) in [7, 11) is 0. The van der Waals surface area contributed by atoms with Gasteiger partial charge >= 0.3 is 5.97 Å². The minimum Gasteiger partial charge on any atom is -0.478 e. The Morgan fingerprint density at radius 3 is 2.31 bits per heavy atom. The van der Waals surface area contributed by atoms with Crippen molar-refractivity contribution in [3.8, 4) is 5.75 Å². The monoisotopic (exact) mass is 220 g/mol. The highest BCUT2D eigenvalue weighted by atomic mass is 16.5. The Balaban J connectivity index is 2.17. The van der Waals surface area contributed by atoms with Crippen LogP contribution < -0.4 is 4.74 Å². The van der Waals surface area contributed by atoms with Crippen molar-refractivity contribution in [2.75, 3.05) is 0 Å². The van der Waals surface area contributed by atoms with Crippen molar-refractivity contribution >= 4 is 5.97 Å². The van der Waals surface area contributed by atoms with E-state index < -0.39 is 11.6 Å². The Hall–Kier alpha value is -1.51. The van der Waals surface area contributed by atoms with Crippen LogP contribution in [0.2, 0.25) is 0 Å². The maximum absolute atomic E-state index is 11.4. The summed E-state index contributed by atoms with van der Waals surface area (Å²) < 4.78 is 5.70. The molecule has 86 valence electrons. The third-order valence-electron chi connectivity index (χ3n) is 3.11. The molecule has 1 fully saturated rings. The fraction of sp³-hybridized carbons (Fsp3) is 0.462. The average molecular weight is 220 g/mol. The van der Waals surface area contributed by atoms with Crippen molar-refractivity contribution in [1.82, 2.24) is 0 Å². The van der Waals surface area contributed by atoms with E-state index in [2.05, 4.69) is 0 Å². The molecule has 1 aromatic carbocycles. The summed E-state index contributed by atoms with van der Waals surface area (Å²) in [5.41, 5.74) is -1.00. The van der Waals surface area contributed by atoms with Crippen molar-refractivity contribution in [1.29, 1.82) is 0 Å². The minimum absolute atomic E-state index is 0.608. The highest BCUT2D eigenvalue weighted by Gasteiger charge is 2.42. The van der Waals surface area contributed by atoms with Gasteiger partial charge in [-0.3, -0.25) is 0 Å². The number of para-hydroxylation sites is 1. The lowest BCUT2D eigenvalue weighted by atomic mass is 9.84. The molecule has 1 aliphatic carbocycles. The fourth-order valence-corrected chi connectivity index (χ4v) is 2.20. The molecule has 16 heavy (non-hydrogen) atoms. The number of carboxylic acids is 1. The number of aliphatic carboxylic acids is 1. The van der Waals surface area contributed by atoms with Crippen LogP contribution in [0.15, 0.2) is 30.3 Å². The van der Waals surface area contributed by atoms with Gasteiger partial charge in [-0.2, -0.15) is 0 Å². The number of carboxylic acid groups (broad SMARTS) is 1. The van der Waals surface area contributed by atoms with Gasteiger partial charge in [0.1, 0.15) is 5.75 Å². The standard InChI is InChI=1S/C13H16O3/c14-12(15)13(9-5-2-6-10-13)16-11-7-3-1-4-8-11/h1,3-4,7-8H,2,5-6,9-10H2,(H,14,15). The summed E-state index contributed by atoms with van der Waals surface area (Å²) >= 11 is 0. The molecule has 3 nitrogen and oxygen atoms in total. The first-order valence-electron chi connectivity index (χ1n) is 5.70. The third kappa shape index (κ3) is 2.18. The molecule has 1 aliphatic rings. The van der Waals surface area contributed by atoms with E-state index in [1.165, 1.54) is 0 Å². The van der Waals surface area contributed by atoms with Crippen molar-refractivity contribution in [3.63, 3.8) is 0 Å². The van der Waals surface area contributed by atoms with E-state index in [0.717, 1.165) is 19.3 Å². The van der Waals surface area contributed by atoms with Gasteiger partial charge in [0.25, 0.3) is 0 Å². The molecule has 0 aromatic heterocycles. The Labute approximate surface area is 95.0 Å². The zero-order valence-corrected chi connectivity index (χ0v) is 9.19. The molecule has 0 bridgehead atoms. The zero-order chi connectivity index (χ0) is 11.4. The molecule has 0 saturated heterocycles. The van der Waals surface area contributed by atoms with E-state index in [1.54, 1.807) is 12.1 Å². The highest BCUT2D eigenvalue weighted by molar-refractivity contribution is 5.78. The van der Waals surface area contributed by atoms with Crippen LogP contribution >= 0.6 is 0 Å². The molecule has 1 N–H and O–H groups in total. The molecule has 0 spiro atoms. The molecule has 0 heterocycles. The van der Waals surface area contributed by atoms with Gasteiger partial charge in [-0.1, -0.05) is 24.6 Å². The second-order valence-electron chi connectivity index (χ2n) is 4.28. The molecule has 1 saturated carbocycles. The number of rotatable bonds is 3. The fourth-order valence-electron chi connectivity index (χ4n) is 2.20. The number of ether oxygens (including phenoxy) is 1. The van der Waals surface area contributed by atoms with Crippen LogP contribution in [-0.4, -0.2) is 16.7 Å². The molecule has 1 aromatic rings. The Morgan fingerprint density at radius 2 is 1.75 bits per heavy atom. The molecule has 0 atom stereocenters. The normalized spacial score (nSPS) is 19.0. The van der Waals surface area contributed by atoms with Gasteiger partial charge in [0, 0.05) is 0 Å². The first-order chi connectivity index (χ1) is 7.73. The van der Waals surface area contributed by atoms with Crippen molar-refractivity contribution < 1.29 is 14.6 Å².